The molecule has 0 saturated carbocycles. The second-order valence-electron chi connectivity index (χ2n) is 4.36. The highest BCUT2D eigenvalue weighted by atomic mass is 35.5. The maximum atomic E-state index is 10.9. The van der Waals surface area contributed by atoms with Gasteiger partial charge in [0.2, 0.25) is 0 Å². The molecule has 0 unspecified atom stereocenters. The van der Waals surface area contributed by atoms with Crippen LogP contribution < -0.4 is 10.6 Å². The topological polar surface area (TPSA) is 80.1 Å². The molecular weight excluding hydrogens is 292 g/mol. The van der Waals surface area contributed by atoms with E-state index in [0.29, 0.717) is 29.7 Å². The predicted octanol–water partition coefficient (Wildman–Crippen LogP) is 3.69. The summed E-state index contributed by atoms with van der Waals surface area (Å²) >= 11 is 5.82. The Kier molecular flexibility index (Phi) is 4.94. The zero-order chi connectivity index (χ0) is 15.2. The van der Waals surface area contributed by atoms with Crippen LogP contribution in [0.3, 0.4) is 0 Å². The molecule has 21 heavy (non-hydrogen) atoms. The standard InChI is InChI=1S/C14H15ClN4O2/c1-2-16-13-7-12(19(20)21)8-14(18-13)17-9-10-3-5-11(15)6-4-10/h3-8H,2,9H2,1H3,(H2,16,17,18). The molecule has 1 aromatic carbocycles. The van der Waals surface area contributed by atoms with Crippen molar-refractivity contribution in [3.63, 3.8) is 0 Å². The number of nitrogens with one attached hydrogen (secondary N) is 2. The lowest BCUT2D eigenvalue weighted by Crippen LogP contribution is -2.06. The molecule has 2 N–H and O–H groups in total. The molecule has 0 saturated heterocycles. The van der Waals surface area contributed by atoms with Crippen LogP contribution >= 0.6 is 11.6 Å². The molecule has 2 rings (SSSR count). The summed E-state index contributed by atoms with van der Waals surface area (Å²) in [6.07, 6.45) is 0. The Morgan fingerprint density at radius 1 is 1.19 bits per heavy atom. The van der Waals surface area contributed by atoms with Gasteiger partial charge >= 0.3 is 0 Å². The van der Waals surface area contributed by atoms with Crippen molar-refractivity contribution < 1.29 is 4.92 Å². The third-order valence-corrected chi connectivity index (χ3v) is 3.02. The van der Waals surface area contributed by atoms with Gasteiger partial charge in [0, 0.05) is 18.1 Å². The van der Waals surface area contributed by atoms with Gasteiger partial charge in [-0.25, -0.2) is 4.98 Å². The van der Waals surface area contributed by atoms with Gasteiger partial charge in [0.15, 0.2) is 0 Å². The summed E-state index contributed by atoms with van der Waals surface area (Å²) in [6.45, 7) is 3.06. The molecule has 6 nitrogen and oxygen atoms in total. The van der Waals surface area contributed by atoms with Gasteiger partial charge in [-0.1, -0.05) is 23.7 Å². The summed E-state index contributed by atoms with van der Waals surface area (Å²) in [6, 6.07) is 10.2. The summed E-state index contributed by atoms with van der Waals surface area (Å²) in [5.41, 5.74) is 1.01. The van der Waals surface area contributed by atoms with E-state index in [1.807, 2.05) is 19.1 Å². The largest absolute Gasteiger partial charge is 0.370 e. The molecule has 0 aliphatic heterocycles. The zero-order valence-electron chi connectivity index (χ0n) is 11.5. The Hall–Kier alpha value is -2.34. The van der Waals surface area contributed by atoms with Crippen LogP contribution in [0, 0.1) is 10.1 Å². The first-order valence-electron chi connectivity index (χ1n) is 6.47. The fraction of sp³-hybridized carbons (Fsp3) is 0.214. The van der Waals surface area contributed by atoms with Crippen LogP contribution in [0.15, 0.2) is 36.4 Å². The van der Waals surface area contributed by atoms with Crippen molar-refractivity contribution in [2.24, 2.45) is 0 Å². The third-order valence-electron chi connectivity index (χ3n) is 2.77. The highest BCUT2D eigenvalue weighted by Gasteiger charge is 2.10. The van der Waals surface area contributed by atoms with E-state index >= 15 is 0 Å². The van der Waals surface area contributed by atoms with E-state index in [1.54, 1.807) is 12.1 Å². The van der Waals surface area contributed by atoms with Crippen LogP contribution in [0.1, 0.15) is 12.5 Å². The van der Waals surface area contributed by atoms with E-state index in [-0.39, 0.29) is 5.69 Å². The number of pyridine rings is 1. The first-order chi connectivity index (χ1) is 10.1. The average Bonchev–Trinajstić information content (AvgIpc) is 2.47. The van der Waals surface area contributed by atoms with Crippen molar-refractivity contribution in [2.45, 2.75) is 13.5 Å². The molecule has 0 bridgehead atoms. The molecule has 110 valence electrons. The van der Waals surface area contributed by atoms with Gasteiger partial charge in [-0.2, -0.15) is 0 Å². The average molecular weight is 307 g/mol. The molecule has 0 radical (unpaired) electrons. The van der Waals surface area contributed by atoms with Crippen LogP contribution in [0.5, 0.6) is 0 Å². The SMILES string of the molecule is CCNc1cc([N+](=O)[O-])cc(NCc2ccc(Cl)cc2)n1. The lowest BCUT2D eigenvalue weighted by Gasteiger charge is -2.08. The molecular formula is C14H15ClN4O2. The van der Waals surface area contributed by atoms with Gasteiger partial charge in [0.05, 0.1) is 17.1 Å². The summed E-state index contributed by atoms with van der Waals surface area (Å²) in [5, 5.41) is 17.6. The van der Waals surface area contributed by atoms with Crippen molar-refractivity contribution in [3.05, 3.63) is 57.1 Å². The number of rotatable bonds is 6. The smallest absolute Gasteiger partial charge is 0.276 e. The normalized spacial score (nSPS) is 10.2. The number of hydrogen-bond acceptors (Lipinski definition) is 5. The zero-order valence-corrected chi connectivity index (χ0v) is 12.2. The Balaban J connectivity index is 2.14. The van der Waals surface area contributed by atoms with Gasteiger partial charge in [-0.05, 0) is 24.6 Å². The number of hydrogen-bond donors (Lipinski definition) is 2. The molecule has 0 atom stereocenters. The fourth-order valence-corrected chi connectivity index (χ4v) is 1.90. The van der Waals surface area contributed by atoms with Crippen LogP contribution in [0.4, 0.5) is 17.3 Å². The number of anilines is 2. The second-order valence-corrected chi connectivity index (χ2v) is 4.80. The van der Waals surface area contributed by atoms with E-state index < -0.39 is 4.92 Å². The number of benzene rings is 1. The number of halogens is 1. The Morgan fingerprint density at radius 3 is 2.38 bits per heavy atom. The molecule has 0 spiro atoms. The van der Waals surface area contributed by atoms with Gasteiger partial charge in [-0.15, -0.1) is 0 Å². The van der Waals surface area contributed by atoms with Gasteiger partial charge < -0.3 is 10.6 Å². The molecule has 2 aromatic rings. The summed E-state index contributed by atoms with van der Waals surface area (Å²) in [4.78, 5) is 14.8. The van der Waals surface area contributed by atoms with Crippen molar-refractivity contribution in [2.75, 3.05) is 17.2 Å². The maximum Gasteiger partial charge on any atom is 0.276 e. The van der Waals surface area contributed by atoms with Gasteiger partial charge in [0.25, 0.3) is 5.69 Å². The summed E-state index contributed by atoms with van der Waals surface area (Å²) in [5.74, 6) is 0.931. The highest BCUT2D eigenvalue weighted by molar-refractivity contribution is 6.30. The van der Waals surface area contributed by atoms with Gasteiger partial charge in [-0.3, -0.25) is 10.1 Å². The van der Waals surface area contributed by atoms with Crippen molar-refractivity contribution in [3.8, 4) is 0 Å². The molecule has 1 heterocycles. The maximum absolute atomic E-state index is 10.9. The van der Waals surface area contributed by atoms with E-state index in [1.165, 1.54) is 12.1 Å². The molecule has 0 fully saturated rings. The first-order valence-corrected chi connectivity index (χ1v) is 6.85. The Bertz CT molecular complexity index is 631. The minimum Gasteiger partial charge on any atom is -0.370 e. The Morgan fingerprint density at radius 2 is 1.81 bits per heavy atom. The number of aromatic nitrogens is 1. The van der Waals surface area contributed by atoms with Crippen LogP contribution in [0.2, 0.25) is 5.02 Å². The first kappa shape index (κ1) is 15.1. The highest BCUT2D eigenvalue weighted by Crippen LogP contribution is 2.21. The monoisotopic (exact) mass is 306 g/mol. The quantitative estimate of drug-likeness (QED) is 0.628. The number of nitrogens with zero attached hydrogens (tertiary/aromatic N) is 2. The van der Waals surface area contributed by atoms with Crippen molar-refractivity contribution in [1.29, 1.82) is 0 Å². The van der Waals surface area contributed by atoms with E-state index in [0.717, 1.165) is 5.56 Å². The third kappa shape index (κ3) is 4.32. The Labute approximate surface area is 127 Å². The van der Waals surface area contributed by atoms with E-state index in [9.17, 15) is 10.1 Å². The van der Waals surface area contributed by atoms with Crippen molar-refractivity contribution in [1.82, 2.24) is 4.98 Å². The van der Waals surface area contributed by atoms with Gasteiger partial charge in [0.1, 0.15) is 11.6 Å². The minimum atomic E-state index is -0.435. The van der Waals surface area contributed by atoms with E-state index in [4.69, 9.17) is 11.6 Å². The molecule has 1 aromatic heterocycles. The fourth-order valence-electron chi connectivity index (χ4n) is 1.78. The van der Waals surface area contributed by atoms with Crippen LogP contribution in [0.25, 0.3) is 0 Å². The van der Waals surface area contributed by atoms with Crippen LogP contribution in [-0.2, 0) is 6.54 Å². The summed E-state index contributed by atoms with van der Waals surface area (Å²) in [7, 11) is 0. The molecule has 0 aliphatic carbocycles. The minimum absolute atomic E-state index is 0.000411. The molecule has 7 heteroatoms. The summed E-state index contributed by atoms with van der Waals surface area (Å²) < 4.78 is 0. The van der Waals surface area contributed by atoms with Crippen molar-refractivity contribution >= 4 is 28.9 Å². The lowest BCUT2D eigenvalue weighted by atomic mass is 10.2. The molecule has 0 aliphatic rings. The van der Waals surface area contributed by atoms with Crippen LogP contribution in [-0.4, -0.2) is 16.5 Å². The lowest BCUT2D eigenvalue weighted by molar-refractivity contribution is -0.384. The van der Waals surface area contributed by atoms with E-state index in [2.05, 4.69) is 15.6 Å². The second kappa shape index (κ2) is 6.90. The molecule has 0 amide bonds. The number of nitro groups is 1. The predicted molar refractivity (Wildman–Crippen MR) is 83.8 cm³/mol.